The van der Waals surface area contributed by atoms with Gasteiger partial charge in [-0.05, 0) is 25.5 Å². The molecule has 7 heteroatoms. The second-order valence-electron chi connectivity index (χ2n) is 6.03. The fourth-order valence-corrected chi connectivity index (χ4v) is 3.53. The number of aromatic nitrogens is 3. The number of esters is 1. The Kier molecular flexibility index (Phi) is 5.78. The van der Waals surface area contributed by atoms with Gasteiger partial charge < -0.3 is 10.1 Å². The lowest BCUT2D eigenvalue weighted by atomic mass is 10.1. The van der Waals surface area contributed by atoms with Crippen molar-refractivity contribution >= 4 is 33.3 Å². The Balaban J connectivity index is 1.77. The number of pyridine rings is 1. The highest BCUT2D eigenvalue weighted by Gasteiger charge is 2.19. The van der Waals surface area contributed by atoms with Crippen LogP contribution in [0.25, 0.3) is 10.9 Å². The molecule has 0 aliphatic heterocycles. The molecule has 0 aliphatic rings. The number of nitrogens with zero attached hydrogens (tertiary/aromatic N) is 3. The maximum atomic E-state index is 12.8. The number of anilines is 1. The van der Waals surface area contributed by atoms with Crippen LogP contribution in [0.2, 0.25) is 0 Å². The zero-order valence-corrected chi connectivity index (χ0v) is 16.0. The second-order valence-corrected chi connectivity index (χ2v) is 7.09. The minimum absolute atomic E-state index is 0.371. The van der Waals surface area contributed by atoms with Crippen molar-refractivity contribution in [3.63, 3.8) is 0 Å². The van der Waals surface area contributed by atoms with Gasteiger partial charge >= 0.3 is 5.97 Å². The van der Waals surface area contributed by atoms with Gasteiger partial charge in [0.1, 0.15) is 5.01 Å². The number of rotatable bonds is 7. The summed E-state index contributed by atoms with van der Waals surface area (Å²) in [5.74, 6) is -0.371. The smallest absolute Gasteiger partial charge is 0.340 e. The van der Waals surface area contributed by atoms with Crippen molar-refractivity contribution in [2.24, 2.45) is 0 Å². The molecule has 2 aromatic heterocycles. The van der Waals surface area contributed by atoms with E-state index >= 15 is 0 Å². The van der Waals surface area contributed by atoms with E-state index in [1.165, 1.54) is 11.3 Å². The zero-order chi connectivity index (χ0) is 18.5. The van der Waals surface area contributed by atoms with E-state index in [0.717, 1.165) is 34.4 Å². The topological polar surface area (TPSA) is 77.0 Å². The first-order valence-corrected chi connectivity index (χ1v) is 9.58. The van der Waals surface area contributed by atoms with Gasteiger partial charge in [-0.3, -0.25) is 4.98 Å². The molecule has 0 saturated carbocycles. The number of para-hydroxylation sites is 1. The number of fused-ring (bicyclic) bond motifs is 1. The third-order valence-electron chi connectivity index (χ3n) is 3.90. The van der Waals surface area contributed by atoms with Crippen LogP contribution in [-0.4, -0.2) is 27.4 Å². The molecule has 0 amide bonds. The molecule has 0 unspecified atom stereocenters. The minimum atomic E-state index is -0.461. The molecule has 1 N–H and O–H groups in total. The quantitative estimate of drug-likeness (QED) is 0.492. The van der Waals surface area contributed by atoms with Crippen LogP contribution in [0, 0.1) is 6.92 Å². The third kappa shape index (κ3) is 4.16. The molecular formula is C19H22N4O2S. The molecule has 1 atom stereocenters. The highest BCUT2D eigenvalue weighted by Crippen LogP contribution is 2.22. The Morgan fingerprint density at radius 2 is 2.08 bits per heavy atom. The Bertz CT molecular complexity index is 909. The van der Waals surface area contributed by atoms with Crippen molar-refractivity contribution in [2.45, 2.75) is 46.3 Å². The molecule has 1 aromatic carbocycles. The lowest BCUT2D eigenvalue weighted by Crippen LogP contribution is -2.26. The van der Waals surface area contributed by atoms with E-state index in [-0.39, 0.29) is 5.97 Å². The lowest BCUT2D eigenvalue weighted by molar-refractivity contribution is 0.0354. The van der Waals surface area contributed by atoms with Gasteiger partial charge in [-0.2, -0.15) is 0 Å². The van der Waals surface area contributed by atoms with E-state index in [2.05, 4.69) is 27.4 Å². The zero-order valence-electron chi connectivity index (χ0n) is 15.2. The van der Waals surface area contributed by atoms with Crippen LogP contribution in [0.1, 0.15) is 47.7 Å². The Morgan fingerprint density at radius 1 is 1.27 bits per heavy atom. The summed E-state index contributed by atoms with van der Waals surface area (Å²) in [4.78, 5) is 17.2. The highest BCUT2D eigenvalue weighted by molar-refractivity contribution is 7.15. The van der Waals surface area contributed by atoms with Gasteiger partial charge in [-0.25, -0.2) is 4.79 Å². The van der Waals surface area contributed by atoms with E-state index in [4.69, 9.17) is 4.74 Å². The molecule has 136 valence electrons. The average Bonchev–Trinajstić information content (AvgIpc) is 3.07. The summed E-state index contributed by atoms with van der Waals surface area (Å²) in [6.45, 7) is 5.93. The van der Waals surface area contributed by atoms with Gasteiger partial charge in [0.15, 0.2) is 6.23 Å². The van der Waals surface area contributed by atoms with E-state index in [1.54, 1.807) is 6.07 Å². The van der Waals surface area contributed by atoms with Crippen molar-refractivity contribution < 1.29 is 9.53 Å². The van der Waals surface area contributed by atoms with Gasteiger partial charge in [-0.1, -0.05) is 43.4 Å². The number of hydrogen-bond donors (Lipinski definition) is 1. The summed E-state index contributed by atoms with van der Waals surface area (Å²) < 4.78 is 5.68. The molecule has 0 bridgehead atoms. The summed E-state index contributed by atoms with van der Waals surface area (Å²) >= 11 is 1.49. The van der Waals surface area contributed by atoms with Crippen LogP contribution in [0.3, 0.4) is 0 Å². The SMILES string of the molecule is CCCc1nnc(N[C@H](CC)OC(=O)c2cc(C)nc3ccccc23)s1. The Hall–Kier alpha value is -2.54. The number of nitrogens with one attached hydrogen (secondary N) is 1. The number of ether oxygens (including phenoxy) is 1. The molecule has 0 radical (unpaired) electrons. The van der Waals surface area contributed by atoms with E-state index in [9.17, 15) is 4.79 Å². The van der Waals surface area contributed by atoms with Gasteiger partial charge in [0, 0.05) is 23.9 Å². The summed E-state index contributed by atoms with van der Waals surface area (Å²) in [5, 5.41) is 13.9. The van der Waals surface area contributed by atoms with Gasteiger partial charge in [-0.15, -0.1) is 10.2 Å². The van der Waals surface area contributed by atoms with Crippen LogP contribution in [0.5, 0.6) is 0 Å². The van der Waals surface area contributed by atoms with Crippen LogP contribution in [0.4, 0.5) is 5.13 Å². The maximum Gasteiger partial charge on any atom is 0.340 e. The normalized spacial score (nSPS) is 12.1. The number of carbonyl (C=O) groups is 1. The summed E-state index contributed by atoms with van der Waals surface area (Å²) in [5.41, 5.74) is 2.09. The van der Waals surface area contributed by atoms with Crippen molar-refractivity contribution in [1.29, 1.82) is 0 Å². The minimum Gasteiger partial charge on any atom is -0.438 e. The summed E-state index contributed by atoms with van der Waals surface area (Å²) in [6.07, 6.45) is 2.08. The molecule has 2 heterocycles. The molecule has 0 fully saturated rings. The molecule has 0 saturated heterocycles. The predicted octanol–water partition coefficient (Wildman–Crippen LogP) is 4.35. The lowest BCUT2D eigenvalue weighted by Gasteiger charge is -2.17. The van der Waals surface area contributed by atoms with Gasteiger partial charge in [0.2, 0.25) is 5.13 Å². The molecule has 3 aromatic rings. The van der Waals surface area contributed by atoms with E-state index in [0.29, 0.717) is 17.1 Å². The van der Waals surface area contributed by atoms with Crippen molar-refractivity contribution in [3.05, 3.63) is 46.6 Å². The molecule has 6 nitrogen and oxygen atoms in total. The Labute approximate surface area is 156 Å². The highest BCUT2D eigenvalue weighted by atomic mass is 32.1. The molecule has 26 heavy (non-hydrogen) atoms. The number of hydrogen-bond acceptors (Lipinski definition) is 7. The first kappa shape index (κ1) is 18.3. The second kappa shape index (κ2) is 8.23. The van der Waals surface area contributed by atoms with Crippen LogP contribution in [-0.2, 0) is 11.2 Å². The third-order valence-corrected chi connectivity index (χ3v) is 4.81. The number of carbonyl (C=O) groups excluding carboxylic acids is 1. The van der Waals surface area contributed by atoms with Crippen molar-refractivity contribution in [1.82, 2.24) is 15.2 Å². The van der Waals surface area contributed by atoms with Gasteiger partial charge in [0.25, 0.3) is 0 Å². The van der Waals surface area contributed by atoms with Crippen molar-refractivity contribution in [3.8, 4) is 0 Å². The van der Waals surface area contributed by atoms with Gasteiger partial charge in [0.05, 0.1) is 11.1 Å². The first-order chi connectivity index (χ1) is 12.6. The first-order valence-electron chi connectivity index (χ1n) is 8.77. The fraction of sp³-hybridized carbons (Fsp3) is 0.368. The fourth-order valence-electron chi connectivity index (χ4n) is 2.65. The van der Waals surface area contributed by atoms with E-state index in [1.807, 2.05) is 38.1 Å². The molecule has 0 aliphatic carbocycles. The maximum absolute atomic E-state index is 12.8. The molecular weight excluding hydrogens is 348 g/mol. The monoisotopic (exact) mass is 370 g/mol. The molecule has 0 spiro atoms. The summed E-state index contributed by atoms with van der Waals surface area (Å²) in [6, 6.07) is 9.34. The average molecular weight is 370 g/mol. The summed E-state index contributed by atoms with van der Waals surface area (Å²) in [7, 11) is 0. The number of benzene rings is 1. The number of aryl methyl sites for hydroxylation is 2. The molecule has 3 rings (SSSR count). The largest absolute Gasteiger partial charge is 0.438 e. The standard InChI is InChI=1S/C19H22N4O2S/c1-4-8-17-22-23-19(26-17)21-16(5-2)25-18(24)14-11-12(3)20-15-10-7-6-9-13(14)15/h6-7,9-11,16H,4-5,8H2,1-3H3,(H,21,23)/t16-/m0/s1. The van der Waals surface area contributed by atoms with Crippen molar-refractivity contribution in [2.75, 3.05) is 5.32 Å². The van der Waals surface area contributed by atoms with Crippen LogP contribution >= 0.6 is 11.3 Å². The van der Waals surface area contributed by atoms with Crippen LogP contribution in [0.15, 0.2) is 30.3 Å². The van der Waals surface area contributed by atoms with E-state index < -0.39 is 6.23 Å². The van der Waals surface area contributed by atoms with Crippen LogP contribution < -0.4 is 5.32 Å². The predicted molar refractivity (Wildman–Crippen MR) is 104 cm³/mol. The Morgan fingerprint density at radius 3 is 2.85 bits per heavy atom.